The van der Waals surface area contributed by atoms with E-state index in [0.29, 0.717) is 5.92 Å². The zero-order valence-electron chi connectivity index (χ0n) is 12.4. The summed E-state index contributed by atoms with van der Waals surface area (Å²) in [6.07, 6.45) is 0. The van der Waals surface area contributed by atoms with E-state index < -0.39 is 0 Å². The highest BCUT2D eigenvalue weighted by Gasteiger charge is 2.23. The highest BCUT2D eigenvalue weighted by atomic mass is 16.5. The molecule has 19 heavy (non-hydrogen) atoms. The monoisotopic (exact) mass is 272 g/mol. The maximum absolute atomic E-state index is 8.69. The van der Waals surface area contributed by atoms with Crippen molar-refractivity contribution in [3.63, 3.8) is 0 Å². The lowest BCUT2D eigenvalue weighted by Gasteiger charge is -2.37. The van der Waals surface area contributed by atoms with E-state index in [1.165, 1.54) is 0 Å². The largest absolute Gasteiger partial charge is 0.409 e. The first-order chi connectivity index (χ1) is 9.04. The Hall–Kier alpha value is -0.850. The van der Waals surface area contributed by atoms with Gasteiger partial charge in [-0.3, -0.25) is 9.80 Å². The van der Waals surface area contributed by atoms with E-state index in [1.807, 2.05) is 6.92 Å². The molecular weight excluding hydrogens is 244 g/mol. The summed E-state index contributed by atoms with van der Waals surface area (Å²) in [4.78, 5) is 4.64. The number of hydrogen-bond donors (Lipinski definition) is 2. The van der Waals surface area contributed by atoms with Crippen LogP contribution < -0.4 is 5.73 Å². The van der Waals surface area contributed by atoms with Crippen molar-refractivity contribution >= 4 is 5.84 Å². The Labute approximate surface area is 116 Å². The van der Waals surface area contributed by atoms with E-state index in [-0.39, 0.29) is 11.9 Å². The average molecular weight is 272 g/mol. The van der Waals surface area contributed by atoms with Crippen LogP contribution in [0.5, 0.6) is 0 Å². The van der Waals surface area contributed by atoms with E-state index >= 15 is 0 Å². The van der Waals surface area contributed by atoms with Crippen LogP contribution in [-0.4, -0.2) is 72.8 Å². The molecule has 1 rings (SSSR count). The number of oxime groups is 1. The van der Waals surface area contributed by atoms with Gasteiger partial charge in [-0.25, -0.2) is 0 Å². The van der Waals surface area contributed by atoms with Gasteiger partial charge in [0.1, 0.15) is 0 Å². The molecule has 0 saturated carbocycles. The van der Waals surface area contributed by atoms with Crippen molar-refractivity contribution in [3.05, 3.63) is 0 Å². The van der Waals surface area contributed by atoms with Gasteiger partial charge in [0.15, 0.2) is 5.84 Å². The second-order valence-electron chi connectivity index (χ2n) is 5.55. The molecule has 1 heterocycles. The van der Waals surface area contributed by atoms with Crippen LogP contribution in [0.3, 0.4) is 0 Å². The molecule has 1 aliphatic heterocycles. The number of nitrogens with two attached hydrogens (primary N) is 1. The fraction of sp³-hybridized carbons (Fsp3) is 0.923. The zero-order valence-corrected chi connectivity index (χ0v) is 12.4. The Morgan fingerprint density at radius 2 is 1.89 bits per heavy atom. The Bertz CT molecular complexity index is 276. The molecule has 0 radical (unpaired) electrons. The van der Waals surface area contributed by atoms with E-state index in [1.54, 1.807) is 0 Å². The molecule has 0 spiro atoms. The van der Waals surface area contributed by atoms with Gasteiger partial charge in [0, 0.05) is 39.3 Å². The van der Waals surface area contributed by atoms with Crippen molar-refractivity contribution in [2.75, 3.05) is 45.9 Å². The predicted octanol–water partition coefficient (Wildman–Crippen LogP) is 0.412. The van der Waals surface area contributed by atoms with Crippen molar-refractivity contribution in [1.29, 1.82) is 0 Å². The SMILES string of the molecule is CC(C)COCCN1CCN(C(C)C(N)=NO)CC1. The first-order valence-electron chi connectivity index (χ1n) is 7.06. The number of nitrogens with zero attached hydrogens (tertiary/aromatic N) is 3. The molecule has 0 aliphatic carbocycles. The van der Waals surface area contributed by atoms with Crippen molar-refractivity contribution in [1.82, 2.24) is 9.80 Å². The summed E-state index contributed by atoms with van der Waals surface area (Å²) in [6, 6.07) is 0.00402. The van der Waals surface area contributed by atoms with Crippen LogP contribution in [0.2, 0.25) is 0 Å². The number of rotatable bonds is 7. The molecule has 1 aliphatic rings. The van der Waals surface area contributed by atoms with Gasteiger partial charge in [-0.15, -0.1) is 0 Å². The summed E-state index contributed by atoms with van der Waals surface area (Å²) >= 11 is 0. The maximum Gasteiger partial charge on any atom is 0.156 e. The average Bonchev–Trinajstić information content (AvgIpc) is 2.42. The second kappa shape index (κ2) is 8.35. The Morgan fingerprint density at radius 1 is 1.26 bits per heavy atom. The molecule has 3 N–H and O–H groups in total. The van der Waals surface area contributed by atoms with E-state index in [4.69, 9.17) is 15.7 Å². The van der Waals surface area contributed by atoms with E-state index in [0.717, 1.165) is 45.9 Å². The van der Waals surface area contributed by atoms with Crippen LogP contribution in [0.15, 0.2) is 5.16 Å². The van der Waals surface area contributed by atoms with Gasteiger partial charge in [-0.1, -0.05) is 19.0 Å². The summed E-state index contributed by atoms with van der Waals surface area (Å²) in [7, 11) is 0. The fourth-order valence-corrected chi connectivity index (χ4v) is 2.16. The lowest BCUT2D eigenvalue weighted by Crippen LogP contribution is -2.53. The highest BCUT2D eigenvalue weighted by Crippen LogP contribution is 2.06. The van der Waals surface area contributed by atoms with Gasteiger partial charge >= 0.3 is 0 Å². The van der Waals surface area contributed by atoms with Crippen LogP contribution in [0.4, 0.5) is 0 Å². The zero-order chi connectivity index (χ0) is 14.3. The second-order valence-corrected chi connectivity index (χ2v) is 5.55. The molecule has 0 aromatic heterocycles. The van der Waals surface area contributed by atoms with Crippen LogP contribution in [0, 0.1) is 5.92 Å². The molecule has 112 valence electrons. The third kappa shape index (κ3) is 5.76. The fourth-order valence-electron chi connectivity index (χ4n) is 2.16. The molecule has 6 heteroatoms. The summed E-state index contributed by atoms with van der Waals surface area (Å²) in [6.45, 7) is 12.8. The Balaban J connectivity index is 2.18. The summed E-state index contributed by atoms with van der Waals surface area (Å²) in [5.41, 5.74) is 5.63. The van der Waals surface area contributed by atoms with Gasteiger partial charge in [-0.05, 0) is 12.8 Å². The maximum atomic E-state index is 8.69. The minimum Gasteiger partial charge on any atom is -0.409 e. The van der Waals surface area contributed by atoms with Gasteiger partial charge in [0.05, 0.1) is 12.6 Å². The molecule has 1 atom stereocenters. The predicted molar refractivity (Wildman–Crippen MR) is 76.5 cm³/mol. The van der Waals surface area contributed by atoms with Gasteiger partial charge in [-0.2, -0.15) is 0 Å². The minimum absolute atomic E-state index is 0.00402. The van der Waals surface area contributed by atoms with Crippen molar-refractivity contribution in [2.24, 2.45) is 16.8 Å². The van der Waals surface area contributed by atoms with E-state index in [9.17, 15) is 0 Å². The number of piperazine rings is 1. The topological polar surface area (TPSA) is 74.3 Å². The third-order valence-corrected chi connectivity index (χ3v) is 3.50. The van der Waals surface area contributed by atoms with Crippen LogP contribution >= 0.6 is 0 Å². The smallest absolute Gasteiger partial charge is 0.156 e. The normalized spacial score (nSPS) is 20.9. The molecule has 1 fully saturated rings. The summed E-state index contributed by atoms with van der Waals surface area (Å²) in [5, 5.41) is 11.8. The van der Waals surface area contributed by atoms with E-state index in [2.05, 4.69) is 28.8 Å². The first-order valence-corrected chi connectivity index (χ1v) is 7.06. The van der Waals surface area contributed by atoms with Crippen LogP contribution in [0.25, 0.3) is 0 Å². The first kappa shape index (κ1) is 16.2. The molecule has 0 aromatic rings. The number of hydrogen-bond acceptors (Lipinski definition) is 5. The molecule has 0 bridgehead atoms. The standard InChI is InChI=1S/C13H28N4O2/c1-11(2)10-19-9-8-16-4-6-17(7-5-16)12(3)13(14)15-18/h11-12,18H,4-10H2,1-3H3,(H2,14,15). The molecule has 0 amide bonds. The molecular formula is C13H28N4O2. The molecule has 6 nitrogen and oxygen atoms in total. The van der Waals surface area contributed by atoms with Crippen LogP contribution in [-0.2, 0) is 4.74 Å². The van der Waals surface area contributed by atoms with Crippen molar-refractivity contribution in [2.45, 2.75) is 26.8 Å². The number of ether oxygens (including phenoxy) is 1. The number of amidine groups is 1. The van der Waals surface area contributed by atoms with Gasteiger partial charge in [0.2, 0.25) is 0 Å². The third-order valence-electron chi connectivity index (χ3n) is 3.50. The molecule has 0 aromatic carbocycles. The lowest BCUT2D eigenvalue weighted by atomic mass is 10.2. The minimum atomic E-state index is 0.00402. The van der Waals surface area contributed by atoms with Crippen molar-refractivity contribution in [3.8, 4) is 0 Å². The quantitative estimate of drug-likeness (QED) is 0.231. The van der Waals surface area contributed by atoms with Crippen LogP contribution in [0.1, 0.15) is 20.8 Å². The summed E-state index contributed by atoms with van der Waals surface area (Å²) < 4.78 is 5.60. The molecule has 1 saturated heterocycles. The highest BCUT2D eigenvalue weighted by molar-refractivity contribution is 5.84. The van der Waals surface area contributed by atoms with Gasteiger partial charge in [0.25, 0.3) is 0 Å². The summed E-state index contributed by atoms with van der Waals surface area (Å²) in [5.74, 6) is 0.882. The Morgan fingerprint density at radius 3 is 2.42 bits per heavy atom. The Kier molecular flexibility index (Phi) is 7.12. The van der Waals surface area contributed by atoms with Gasteiger partial charge < -0.3 is 15.7 Å². The molecule has 1 unspecified atom stereocenters. The van der Waals surface area contributed by atoms with Crippen molar-refractivity contribution < 1.29 is 9.94 Å². The lowest BCUT2D eigenvalue weighted by molar-refractivity contribution is 0.0614.